The highest BCUT2D eigenvalue weighted by Crippen LogP contribution is 2.26. The number of nitrogens with zero attached hydrogens (tertiary/aromatic N) is 1. The van der Waals surface area contributed by atoms with Crippen molar-refractivity contribution in [3.05, 3.63) is 69.6 Å². The van der Waals surface area contributed by atoms with Crippen LogP contribution in [-0.4, -0.2) is 24.0 Å². The van der Waals surface area contributed by atoms with Gasteiger partial charge in [-0.05, 0) is 36.4 Å². The molecule has 1 aromatic heterocycles. The van der Waals surface area contributed by atoms with Crippen molar-refractivity contribution in [2.75, 3.05) is 12.4 Å². The molecule has 0 aliphatic heterocycles. The lowest BCUT2D eigenvalue weighted by atomic mass is 10.1. The zero-order chi connectivity index (χ0) is 18.8. The molecule has 8 heteroatoms. The Labute approximate surface area is 157 Å². The van der Waals surface area contributed by atoms with Crippen molar-refractivity contribution in [2.45, 2.75) is 0 Å². The SMILES string of the molecule is COC(=O)c1ccc(Cl)c(NC(=O)c2cc3ccc(F)cc3nc2Cl)c1. The first-order valence-electron chi connectivity index (χ1n) is 7.34. The minimum Gasteiger partial charge on any atom is -0.465 e. The Kier molecular flexibility index (Phi) is 5.06. The van der Waals surface area contributed by atoms with Crippen LogP contribution < -0.4 is 5.32 Å². The molecule has 0 fully saturated rings. The average molecular weight is 393 g/mol. The Balaban J connectivity index is 1.95. The van der Waals surface area contributed by atoms with Gasteiger partial charge in [-0.25, -0.2) is 14.2 Å². The van der Waals surface area contributed by atoms with Gasteiger partial charge >= 0.3 is 5.97 Å². The molecule has 5 nitrogen and oxygen atoms in total. The number of halogens is 3. The summed E-state index contributed by atoms with van der Waals surface area (Å²) in [4.78, 5) is 28.2. The summed E-state index contributed by atoms with van der Waals surface area (Å²) in [5.74, 6) is -1.59. The maximum absolute atomic E-state index is 13.3. The number of anilines is 1. The number of pyridine rings is 1. The van der Waals surface area contributed by atoms with Crippen molar-refractivity contribution in [3.63, 3.8) is 0 Å². The smallest absolute Gasteiger partial charge is 0.337 e. The van der Waals surface area contributed by atoms with E-state index in [-0.39, 0.29) is 27.0 Å². The van der Waals surface area contributed by atoms with Gasteiger partial charge in [0.15, 0.2) is 0 Å². The number of carbonyl (C=O) groups is 2. The molecule has 3 rings (SSSR count). The molecule has 0 saturated carbocycles. The third-order valence-electron chi connectivity index (χ3n) is 3.61. The molecule has 0 radical (unpaired) electrons. The van der Waals surface area contributed by atoms with E-state index in [9.17, 15) is 14.0 Å². The van der Waals surface area contributed by atoms with Gasteiger partial charge in [0, 0.05) is 11.5 Å². The van der Waals surface area contributed by atoms with Crippen molar-refractivity contribution in [2.24, 2.45) is 0 Å². The lowest BCUT2D eigenvalue weighted by Crippen LogP contribution is -2.14. The van der Waals surface area contributed by atoms with Gasteiger partial charge in [0.2, 0.25) is 0 Å². The monoisotopic (exact) mass is 392 g/mol. The largest absolute Gasteiger partial charge is 0.465 e. The van der Waals surface area contributed by atoms with Gasteiger partial charge in [0.1, 0.15) is 11.0 Å². The van der Waals surface area contributed by atoms with Crippen LogP contribution in [0.3, 0.4) is 0 Å². The molecular weight excluding hydrogens is 382 g/mol. The Morgan fingerprint density at radius 1 is 1.12 bits per heavy atom. The molecule has 132 valence electrons. The van der Waals surface area contributed by atoms with Crippen molar-refractivity contribution in [3.8, 4) is 0 Å². The van der Waals surface area contributed by atoms with Crippen LogP contribution in [-0.2, 0) is 4.74 Å². The highest BCUT2D eigenvalue weighted by Gasteiger charge is 2.16. The van der Waals surface area contributed by atoms with Crippen LogP contribution in [0, 0.1) is 5.82 Å². The van der Waals surface area contributed by atoms with Crippen molar-refractivity contribution >= 4 is 51.7 Å². The second kappa shape index (κ2) is 7.27. The molecule has 1 heterocycles. The van der Waals surface area contributed by atoms with Gasteiger partial charge in [0.05, 0.1) is 34.5 Å². The van der Waals surface area contributed by atoms with E-state index in [1.54, 1.807) is 0 Å². The molecule has 0 atom stereocenters. The molecule has 3 aromatic rings. The van der Waals surface area contributed by atoms with E-state index in [1.165, 1.54) is 49.6 Å². The summed E-state index contributed by atoms with van der Waals surface area (Å²) in [5.41, 5.74) is 0.864. The minimum atomic E-state index is -0.572. The highest BCUT2D eigenvalue weighted by atomic mass is 35.5. The maximum Gasteiger partial charge on any atom is 0.337 e. The Hall–Kier alpha value is -2.70. The van der Waals surface area contributed by atoms with Gasteiger partial charge < -0.3 is 10.1 Å². The molecule has 0 spiro atoms. The van der Waals surface area contributed by atoms with E-state index < -0.39 is 17.7 Å². The van der Waals surface area contributed by atoms with E-state index in [2.05, 4.69) is 15.0 Å². The van der Waals surface area contributed by atoms with Crippen LogP contribution in [0.15, 0.2) is 42.5 Å². The Morgan fingerprint density at radius 2 is 1.88 bits per heavy atom. The van der Waals surface area contributed by atoms with E-state index in [0.29, 0.717) is 10.9 Å². The fourth-order valence-electron chi connectivity index (χ4n) is 2.33. The maximum atomic E-state index is 13.3. The van der Waals surface area contributed by atoms with Gasteiger partial charge in [-0.3, -0.25) is 4.79 Å². The third kappa shape index (κ3) is 3.61. The Bertz CT molecular complexity index is 1040. The molecule has 1 N–H and O–H groups in total. The van der Waals surface area contributed by atoms with Gasteiger partial charge in [-0.1, -0.05) is 23.2 Å². The molecule has 0 bridgehead atoms. The van der Waals surface area contributed by atoms with E-state index in [0.717, 1.165) is 0 Å². The zero-order valence-electron chi connectivity index (χ0n) is 13.3. The van der Waals surface area contributed by atoms with E-state index in [1.807, 2.05) is 0 Å². The molecule has 0 aliphatic rings. The standard InChI is InChI=1S/C18H11Cl2FN2O3/c1-26-18(25)10-3-5-13(19)15(7-10)23-17(24)12-6-9-2-4-11(21)8-14(9)22-16(12)20/h2-8H,1H3,(H,23,24). The molecule has 0 saturated heterocycles. The van der Waals surface area contributed by atoms with Gasteiger partial charge in [0.25, 0.3) is 5.91 Å². The minimum absolute atomic E-state index is 0.0826. The number of benzene rings is 2. The first kappa shape index (κ1) is 18.1. The summed E-state index contributed by atoms with van der Waals surface area (Å²) in [6.45, 7) is 0. The summed E-state index contributed by atoms with van der Waals surface area (Å²) in [5, 5.41) is 3.29. The number of ether oxygens (including phenoxy) is 1. The normalized spacial score (nSPS) is 10.6. The number of aromatic nitrogens is 1. The number of fused-ring (bicyclic) bond motifs is 1. The van der Waals surface area contributed by atoms with Crippen molar-refractivity contribution in [1.29, 1.82) is 0 Å². The van der Waals surface area contributed by atoms with Crippen LogP contribution in [0.2, 0.25) is 10.2 Å². The van der Waals surface area contributed by atoms with Gasteiger partial charge in [-0.2, -0.15) is 0 Å². The van der Waals surface area contributed by atoms with Crippen molar-refractivity contribution < 1.29 is 18.7 Å². The fraction of sp³-hybridized carbons (Fsp3) is 0.0556. The van der Waals surface area contributed by atoms with Crippen LogP contribution in [0.1, 0.15) is 20.7 Å². The van der Waals surface area contributed by atoms with Gasteiger partial charge in [-0.15, -0.1) is 0 Å². The first-order valence-corrected chi connectivity index (χ1v) is 8.09. The number of carbonyl (C=O) groups excluding carboxylic acids is 2. The summed E-state index contributed by atoms with van der Waals surface area (Å²) >= 11 is 12.1. The molecular formula is C18H11Cl2FN2O3. The average Bonchev–Trinajstić information content (AvgIpc) is 2.62. The summed E-state index contributed by atoms with van der Waals surface area (Å²) in [7, 11) is 1.25. The topological polar surface area (TPSA) is 68.3 Å². The second-order valence-electron chi connectivity index (χ2n) is 5.30. The van der Waals surface area contributed by atoms with Crippen LogP contribution in [0.25, 0.3) is 10.9 Å². The second-order valence-corrected chi connectivity index (χ2v) is 6.07. The fourth-order valence-corrected chi connectivity index (χ4v) is 2.73. The summed E-state index contributed by atoms with van der Waals surface area (Å²) in [6.07, 6.45) is 0. The van der Waals surface area contributed by atoms with E-state index >= 15 is 0 Å². The lowest BCUT2D eigenvalue weighted by Gasteiger charge is -2.10. The molecule has 1 amide bonds. The number of hydrogen-bond acceptors (Lipinski definition) is 4. The molecule has 26 heavy (non-hydrogen) atoms. The number of amides is 1. The predicted octanol–water partition coefficient (Wildman–Crippen LogP) is 4.72. The number of esters is 1. The number of hydrogen-bond donors (Lipinski definition) is 1. The van der Waals surface area contributed by atoms with Crippen LogP contribution >= 0.6 is 23.2 Å². The lowest BCUT2D eigenvalue weighted by molar-refractivity contribution is 0.0600. The third-order valence-corrected chi connectivity index (χ3v) is 4.23. The predicted molar refractivity (Wildman–Crippen MR) is 97.5 cm³/mol. The molecule has 0 unspecified atom stereocenters. The summed E-state index contributed by atoms with van der Waals surface area (Å²) in [6, 6.07) is 9.81. The van der Waals surface area contributed by atoms with Crippen LogP contribution in [0.5, 0.6) is 0 Å². The quantitative estimate of drug-likeness (QED) is 0.517. The van der Waals surface area contributed by atoms with E-state index in [4.69, 9.17) is 23.2 Å². The zero-order valence-corrected chi connectivity index (χ0v) is 14.9. The molecule has 0 aliphatic carbocycles. The Morgan fingerprint density at radius 3 is 2.62 bits per heavy atom. The number of rotatable bonds is 3. The summed E-state index contributed by atoms with van der Waals surface area (Å²) < 4.78 is 17.9. The molecule has 2 aromatic carbocycles. The highest BCUT2D eigenvalue weighted by molar-refractivity contribution is 6.35. The first-order chi connectivity index (χ1) is 12.4. The van der Waals surface area contributed by atoms with Crippen molar-refractivity contribution in [1.82, 2.24) is 4.98 Å². The van der Waals surface area contributed by atoms with Crippen LogP contribution in [0.4, 0.5) is 10.1 Å². The number of nitrogens with one attached hydrogen (secondary N) is 1. The number of methoxy groups -OCH3 is 1.